The molecule has 4 heteroatoms. The van der Waals surface area contributed by atoms with Gasteiger partial charge in [-0.15, -0.1) is 0 Å². The van der Waals surface area contributed by atoms with Crippen LogP contribution >= 0.6 is 15.9 Å². The number of hydrogen-bond donors (Lipinski definition) is 0. The van der Waals surface area contributed by atoms with Crippen molar-refractivity contribution in [2.24, 2.45) is 0 Å². The van der Waals surface area contributed by atoms with Crippen LogP contribution in [0.3, 0.4) is 0 Å². The van der Waals surface area contributed by atoms with Crippen molar-refractivity contribution in [2.45, 2.75) is 19.3 Å². The van der Waals surface area contributed by atoms with E-state index in [1.54, 1.807) is 31.2 Å². The fourth-order valence-electron chi connectivity index (χ4n) is 2.57. The second kappa shape index (κ2) is 4.48. The van der Waals surface area contributed by atoms with Crippen LogP contribution < -0.4 is 0 Å². The van der Waals surface area contributed by atoms with Crippen molar-refractivity contribution < 1.29 is 13.6 Å². The number of Topliss-reactive ketones (excluding diaryl/α,β-unsaturated/α-hetero) is 1. The first-order valence-electron chi connectivity index (χ1n) is 6.31. The summed E-state index contributed by atoms with van der Waals surface area (Å²) in [5.41, 5.74) is 1.29. The minimum atomic E-state index is -3.06. The van der Waals surface area contributed by atoms with Gasteiger partial charge in [0.15, 0.2) is 5.78 Å². The number of alkyl halides is 2. The largest absolute Gasteiger partial charge is 0.299 e. The van der Waals surface area contributed by atoms with Crippen LogP contribution in [0.2, 0.25) is 0 Å². The molecular weight excluding hydrogens is 326 g/mol. The number of ketones is 1. The van der Waals surface area contributed by atoms with E-state index >= 15 is 0 Å². The molecule has 2 aromatic carbocycles. The Morgan fingerprint density at radius 1 is 1.10 bits per heavy atom. The van der Waals surface area contributed by atoms with Gasteiger partial charge < -0.3 is 0 Å². The Hall–Kier alpha value is -1.55. The van der Waals surface area contributed by atoms with Crippen molar-refractivity contribution in [1.82, 2.24) is 0 Å². The topological polar surface area (TPSA) is 17.1 Å². The standard InChI is InChI=1S/C16H11BrF2O/c1-2-15(20)9-3-5-11-12-6-4-10(17)8-14(12)16(18,19)13(11)7-9/h3-8H,2H2,1H3. The lowest BCUT2D eigenvalue weighted by Gasteiger charge is -2.13. The highest BCUT2D eigenvalue weighted by atomic mass is 79.9. The van der Waals surface area contributed by atoms with Gasteiger partial charge in [0, 0.05) is 27.6 Å². The fraction of sp³-hybridized carbons (Fsp3) is 0.188. The first-order chi connectivity index (χ1) is 9.45. The number of carbonyl (C=O) groups excluding carboxylic acids is 1. The molecule has 20 heavy (non-hydrogen) atoms. The molecule has 0 aliphatic heterocycles. The summed E-state index contributed by atoms with van der Waals surface area (Å²) in [7, 11) is 0. The molecule has 2 aromatic rings. The molecule has 0 amide bonds. The van der Waals surface area contributed by atoms with Gasteiger partial charge in [0.05, 0.1) is 0 Å². The summed E-state index contributed by atoms with van der Waals surface area (Å²) >= 11 is 3.22. The van der Waals surface area contributed by atoms with Gasteiger partial charge in [0.2, 0.25) is 0 Å². The molecule has 0 aromatic heterocycles. The molecule has 1 nitrogen and oxygen atoms in total. The third-order valence-electron chi connectivity index (χ3n) is 3.61. The lowest BCUT2D eigenvalue weighted by Crippen LogP contribution is -2.12. The Kier molecular flexibility index (Phi) is 3.01. The van der Waals surface area contributed by atoms with Gasteiger partial charge in [-0.1, -0.05) is 41.1 Å². The highest BCUT2D eigenvalue weighted by Crippen LogP contribution is 2.51. The number of fused-ring (bicyclic) bond motifs is 3. The summed E-state index contributed by atoms with van der Waals surface area (Å²) in [5.74, 6) is -3.18. The first kappa shape index (κ1) is 13.4. The molecule has 3 rings (SSSR count). The number of hydrogen-bond acceptors (Lipinski definition) is 1. The SMILES string of the molecule is CCC(=O)c1ccc2c(c1)C(F)(F)c1cc(Br)ccc1-2. The van der Waals surface area contributed by atoms with Crippen LogP contribution in [0.1, 0.15) is 34.8 Å². The molecule has 102 valence electrons. The van der Waals surface area contributed by atoms with E-state index in [0.717, 1.165) is 0 Å². The van der Waals surface area contributed by atoms with Crippen molar-refractivity contribution >= 4 is 21.7 Å². The van der Waals surface area contributed by atoms with Crippen LogP contribution in [-0.4, -0.2) is 5.78 Å². The zero-order valence-corrected chi connectivity index (χ0v) is 12.3. The number of carbonyl (C=O) groups is 1. The van der Waals surface area contributed by atoms with E-state index in [1.165, 1.54) is 12.1 Å². The van der Waals surface area contributed by atoms with Gasteiger partial charge in [-0.2, -0.15) is 8.78 Å². The van der Waals surface area contributed by atoms with E-state index < -0.39 is 5.92 Å². The molecule has 0 atom stereocenters. The molecule has 0 unspecified atom stereocenters. The third-order valence-corrected chi connectivity index (χ3v) is 4.10. The maximum atomic E-state index is 14.5. The molecule has 0 radical (unpaired) electrons. The predicted octanol–water partition coefficient (Wildman–Crippen LogP) is 5.16. The van der Waals surface area contributed by atoms with E-state index in [4.69, 9.17) is 0 Å². The van der Waals surface area contributed by atoms with Crippen LogP contribution in [0.25, 0.3) is 11.1 Å². The Morgan fingerprint density at radius 3 is 2.35 bits per heavy atom. The van der Waals surface area contributed by atoms with Crippen LogP contribution in [0.5, 0.6) is 0 Å². The Bertz CT molecular complexity index is 722. The van der Waals surface area contributed by atoms with Crippen molar-refractivity contribution in [3.8, 4) is 11.1 Å². The molecule has 0 saturated carbocycles. The Balaban J connectivity index is 2.24. The van der Waals surface area contributed by atoms with Gasteiger partial charge in [-0.3, -0.25) is 4.79 Å². The van der Waals surface area contributed by atoms with Crippen molar-refractivity contribution in [2.75, 3.05) is 0 Å². The summed E-state index contributed by atoms with van der Waals surface area (Å²) in [6.45, 7) is 1.72. The predicted molar refractivity (Wildman–Crippen MR) is 77.2 cm³/mol. The highest BCUT2D eigenvalue weighted by Gasteiger charge is 2.44. The smallest absolute Gasteiger partial charge is 0.294 e. The highest BCUT2D eigenvalue weighted by molar-refractivity contribution is 9.10. The zero-order chi connectivity index (χ0) is 14.5. The Labute approximate surface area is 123 Å². The molecule has 0 bridgehead atoms. The maximum absolute atomic E-state index is 14.5. The molecule has 0 spiro atoms. The Morgan fingerprint density at radius 2 is 1.70 bits per heavy atom. The molecule has 1 aliphatic carbocycles. The molecular formula is C16H11BrF2O. The number of benzene rings is 2. The fourth-order valence-corrected chi connectivity index (χ4v) is 2.93. The molecule has 0 fully saturated rings. The van der Waals surface area contributed by atoms with Gasteiger partial charge in [0.25, 0.3) is 5.92 Å². The summed E-state index contributed by atoms with van der Waals surface area (Å²) < 4.78 is 29.7. The van der Waals surface area contributed by atoms with Crippen molar-refractivity contribution in [3.05, 3.63) is 57.6 Å². The third kappa shape index (κ3) is 1.82. The molecule has 0 saturated heterocycles. The zero-order valence-electron chi connectivity index (χ0n) is 10.7. The van der Waals surface area contributed by atoms with Crippen LogP contribution in [-0.2, 0) is 5.92 Å². The summed E-state index contributed by atoms with van der Waals surface area (Å²) in [5, 5.41) is 0. The second-order valence-electron chi connectivity index (χ2n) is 4.80. The minimum absolute atomic E-state index is 0.0111. The van der Waals surface area contributed by atoms with E-state index in [2.05, 4.69) is 15.9 Å². The van der Waals surface area contributed by atoms with Gasteiger partial charge in [0.1, 0.15) is 0 Å². The first-order valence-corrected chi connectivity index (χ1v) is 7.10. The average molecular weight is 337 g/mol. The summed E-state index contributed by atoms with van der Waals surface area (Å²) in [6, 6.07) is 9.44. The van der Waals surface area contributed by atoms with Crippen molar-refractivity contribution in [1.29, 1.82) is 0 Å². The van der Waals surface area contributed by atoms with Crippen LogP contribution in [0.15, 0.2) is 40.9 Å². The summed E-state index contributed by atoms with van der Waals surface area (Å²) in [4.78, 5) is 11.7. The molecule has 0 N–H and O–H groups in total. The van der Waals surface area contributed by atoms with E-state index in [9.17, 15) is 13.6 Å². The number of halogens is 3. The van der Waals surface area contributed by atoms with Crippen molar-refractivity contribution in [3.63, 3.8) is 0 Å². The van der Waals surface area contributed by atoms with E-state index in [1.807, 2.05) is 0 Å². The van der Waals surface area contributed by atoms with Crippen LogP contribution in [0, 0.1) is 0 Å². The minimum Gasteiger partial charge on any atom is -0.294 e. The molecule has 1 aliphatic rings. The average Bonchev–Trinajstić information content (AvgIpc) is 2.66. The normalized spacial score (nSPS) is 14.8. The van der Waals surface area contributed by atoms with E-state index in [0.29, 0.717) is 27.6 Å². The van der Waals surface area contributed by atoms with Crippen LogP contribution in [0.4, 0.5) is 8.78 Å². The van der Waals surface area contributed by atoms with Gasteiger partial charge >= 0.3 is 0 Å². The quantitative estimate of drug-likeness (QED) is 0.692. The lowest BCUT2D eigenvalue weighted by atomic mass is 10.00. The molecule has 0 heterocycles. The lowest BCUT2D eigenvalue weighted by molar-refractivity contribution is 0.0479. The van der Waals surface area contributed by atoms with E-state index in [-0.39, 0.29) is 16.9 Å². The monoisotopic (exact) mass is 336 g/mol. The van der Waals surface area contributed by atoms with Gasteiger partial charge in [-0.05, 0) is 29.3 Å². The maximum Gasteiger partial charge on any atom is 0.299 e. The number of rotatable bonds is 2. The second-order valence-corrected chi connectivity index (χ2v) is 5.72. The van der Waals surface area contributed by atoms with Gasteiger partial charge in [-0.25, -0.2) is 0 Å². The summed E-state index contributed by atoms with van der Waals surface area (Å²) in [6.07, 6.45) is 0.308.